The van der Waals surface area contributed by atoms with Crippen LogP contribution >= 0.6 is 0 Å². The number of halogens is 2. The molecule has 0 radical (unpaired) electrons. The Labute approximate surface area is 158 Å². The van der Waals surface area contributed by atoms with E-state index in [0.29, 0.717) is 10.9 Å². The Morgan fingerprint density at radius 1 is 1.14 bits per heavy atom. The highest BCUT2D eigenvalue weighted by atomic mass is 19.2. The van der Waals surface area contributed by atoms with Crippen molar-refractivity contribution in [3.8, 4) is 0 Å². The number of hydrogen-bond donors (Lipinski definition) is 2. The van der Waals surface area contributed by atoms with E-state index < -0.39 is 29.5 Å². The minimum absolute atomic E-state index is 0.0873. The number of rotatable bonds is 5. The highest BCUT2D eigenvalue weighted by molar-refractivity contribution is 5.89. The Hall–Kier alpha value is -3.62. The third-order valence-electron chi connectivity index (χ3n) is 4.15. The average Bonchev–Trinajstić information content (AvgIpc) is 2.70. The van der Waals surface area contributed by atoms with Crippen LogP contribution in [0.4, 0.5) is 8.78 Å². The molecule has 144 valence electrons. The number of nitrogens with one attached hydrogen (secondary N) is 2. The molecule has 2 N–H and O–H groups in total. The van der Waals surface area contributed by atoms with Gasteiger partial charge in [-0.15, -0.1) is 0 Å². The van der Waals surface area contributed by atoms with Gasteiger partial charge in [0.15, 0.2) is 11.6 Å². The van der Waals surface area contributed by atoms with Crippen molar-refractivity contribution >= 4 is 22.7 Å². The maximum absolute atomic E-state index is 13.5. The zero-order chi connectivity index (χ0) is 20.3. The molecule has 2 amide bonds. The Bertz CT molecular complexity index is 1110. The van der Waals surface area contributed by atoms with Gasteiger partial charge in [-0.1, -0.05) is 18.2 Å². The molecule has 0 fully saturated rings. The van der Waals surface area contributed by atoms with Crippen LogP contribution in [0.2, 0.25) is 0 Å². The van der Waals surface area contributed by atoms with Crippen molar-refractivity contribution in [2.75, 3.05) is 7.05 Å². The predicted molar refractivity (Wildman–Crippen MR) is 97.3 cm³/mol. The average molecular weight is 386 g/mol. The zero-order valence-corrected chi connectivity index (χ0v) is 14.8. The van der Waals surface area contributed by atoms with Gasteiger partial charge >= 0.3 is 0 Å². The molecule has 0 saturated carbocycles. The summed E-state index contributed by atoms with van der Waals surface area (Å²) in [5.41, 5.74) is 0.260. The number of carbonyl (C=O) groups excluding carboxylic acids is 2. The van der Waals surface area contributed by atoms with Gasteiger partial charge in [0.25, 0.3) is 0 Å². The summed E-state index contributed by atoms with van der Waals surface area (Å²) < 4.78 is 28.0. The normalized spacial score (nSPS) is 11.8. The van der Waals surface area contributed by atoms with Gasteiger partial charge in [0, 0.05) is 12.4 Å². The molecular weight excluding hydrogens is 370 g/mol. The summed E-state index contributed by atoms with van der Waals surface area (Å²) in [4.78, 5) is 36.5. The van der Waals surface area contributed by atoms with Gasteiger partial charge in [0.05, 0.1) is 11.7 Å². The molecule has 3 aromatic rings. The minimum atomic E-state index is -1.22. The lowest BCUT2D eigenvalue weighted by atomic mass is 10.1. The van der Waals surface area contributed by atoms with Gasteiger partial charge in [-0.05, 0) is 29.8 Å². The fourth-order valence-corrected chi connectivity index (χ4v) is 2.77. The monoisotopic (exact) mass is 386 g/mol. The molecule has 9 heteroatoms. The van der Waals surface area contributed by atoms with Gasteiger partial charge in [-0.2, -0.15) is 5.10 Å². The number of amides is 2. The molecule has 28 heavy (non-hydrogen) atoms. The molecule has 7 nitrogen and oxygen atoms in total. The summed E-state index contributed by atoms with van der Waals surface area (Å²) in [6.07, 6.45) is 1.10. The molecular formula is C19H16F2N4O3. The molecule has 2 aromatic carbocycles. The third-order valence-corrected chi connectivity index (χ3v) is 4.15. The molecule has 3 rings (SSSR count). The van der Waals surface area contributed by atoms with E-state index in [1.54, 1.807) is 24.3 Å². The molecule has 1 unspecified atom stereocenters. The number of para-hydroxylation sites is 1. The number of aromatic nitrogens is 2. The van der Waals surface area contributed by atoms with Crippen LogP contribution in [0.3, 0.4) is 0 Å². The summed E-state index contributed by atoms with van der Waals surface area (Å²) >= 11 is 0. The molecule has 1 aromatic heterocycles. The van der Waals surface area contributed by atoms with Gasteiger partial charge in [-0.3, -0.25) is 19.1 Å². The Morgan fingerprint density at radius 3 is 2.61 bits per heavy atom. The Balaban J connectivity index is 1.87. The summed E-state index contributed by atoms with van der Waals surface area (Å²) in [6, 6.07) is 8.37. The Kier molecular flexibility index (Phi) is 5.44. The first kappa shape index (κ1) is 19.2. The maximum Gasteiger partial charge on any atom is 0.246 e. The second kappa shape index (κ2) is 7.95. The Morgan fingerprint density at radius 2 is 1.89 bits per heavy atom. The lowest BCUT2D eigenvalue weighted by Gasteiger charge is -2.18. The lowest BCUT2D eigenvalue weighted by molar-refractivity contribution is -0.129. The van der Waals surface area contributed by atoms with Crippen molar-refractivity contribution in [2.24, 2.45) is 0 Å². The molecule has 0 saturated heterocycles. The van der Waals surface area contributed by atoms with Crippen LogP contribution in [-0.2, 0) is 16.1 Å². The van der Waals surface area contributed by atoms with Crippen LogP contribution < -0.4 is 16.1 Å². The van der Waals surface area contributed by atoms with E-state index in [4.69, 9.17) is 0 Å². The van der Waals surface area contributed by atoms with Crippen LogP contribution in [0.1, 0.15) is 11.6 Å². The van der Waals surface area contributed by atoms with Crippen molar-refractivity contribution in [2.45, 2.75) is 12.6 Å². The number of nitrogens with zero attached hydrogens (tertiary/aromatic N) is 2. The molecule has 1 heterocycles. The fourth-order valence-electron chi connectivity index (χ4n) is 2.77. The van der Waals surface area contributed by atoms with E-state index in [-0.39, 0.29) is 17.5 Å². The maximum atomic E-state index is 13.5. The largest absolute Gasteiger partial charge is 0.357 e. The second-order valence-corrected chi connectivity index (χ2v) is 5.97. The number of benzene rings is 2. The molecule has 1 atom stereocenters. The van der Waals surface area contributed by atoms with Gasteiger partial charge in [0.1, 0.15) is 12.6 Å². The van der Waals surface area contributed by atoms with Crippen LogP contribution in [-0.4, -0.2) is 28.6 Å². The number of carbonyl (C=O) groups is 2. The second-order valence-electron chi connectivity index (χ2n) is 5.97. The van der Waals surface area contributed by atoms with Crippen molar-refractivity contribution < 1.29 is 18.4 Å². The number of hydrogen-bond acceptors (Lipinski definition) is 4. The summed E-state index contributed by atoms with van der Waals surface area (Å²) in [6.45, 7) is -0.280. The smallest absolute Gasteiger partial charge is 0.246 e. The van der Waals surface area contributed by atoms with Crippen LogP contribution in [0, 0.1) is 11.6 Å². The fraction of sp³-hybridized carbons (Fsp3) is 0.158. The van der Waals surface area contributed by atoms with E-state index in [1.165, 1.54) is 17.8 Å². The zero-order valence-electron chi connectivity index (χ0n) is 14.8. The highest BCUT2D eigenvalue weighted by Crippen LogP contribution is 2.17. The van der Waals surface area contributed by atoms with Gasteiger partial charge < -0.3 is 10.6 Å². The standard InChI is InChI=1S/C19H16F2N4O3/c1-22-19(28)18(11-6-7-13(20)14(21)8-11)24-17(27)10-25-15-5-3-2-4-12(15)16(26)9-23-25/h2-9,18H,10H2,1H3,(H,22,28)(H,24,27). The summed E-state index contributed by atoms with van der Waals surface area (Å²) in [5, 5.41) is 9.20. The van der Waals surface area contributed by atoms with Crippen molar-refractivity contribution in [3.05, 3.63) is 76.1 Å². The third kappa shape index (κ3) is 3.88. The van der Waals surface area contributed by atoms with Gasteiger partial charge in [0.2, 0.25) is 17.2 Å². The first-order chi connectivity index (χ1) is 13.4. The number of fused-ring (bicyclic) bond motifs is 1. The quantitative estimate of drug-likeness (QED) is 0.691. The highest BCUT2D eigenvalue weighted by Gasteiger charge is 2.23. The van der Waals surface area contributed by atoms with Crippen LogP contribution in [0.5, 0.6) is 0 Å². The topological polar surface area (TPSA) is 93.1 Å². The van der Waals surface area contributed by atoms with Crippen LogP contribution in [0.15, 0.2) is 53.5 Å². The molecule has 0 bridgehead atoms. The first-order valence-electron chi connectivity index (χ1n) is 8.31. The number of likely N-dealkylation sites (N-methyl/N-ethyl adjacent to an activating group) is 1. The van der Waals surface area contributed by atoms with E-state index in [9.17, 15) is 23.2 Å². The predicted octanol–water partition coefficient (Wildman–Crippen LogP) is 1.28. The molecule has 0 spiro atoms. The molecule has 0 aliphatic rings. The lowest BCUT2D eigenvalue weighted by Crippen LogP contribution is -2.40. The molecule has 0 aliphatic carbocycles. The van der Waals surface area contributed by atoms with E-state index in [1.807, 2.05) is 0 Å². The van der Waals surface area contributed by atoms with E-state index in [2.05, 4.69) is 15.7 Å². The van der Waals surface area contributed by atoms with Crippen molar-refractivity contribution in [1.29, 1.82) is 0 Å². The van der Waals surface area contributed by atoms with E-state index >= 15 is 0 Å². The first-order valence-corrected chi connectivity index (χ1v) is 8.31. The van der Waals surface area contributed by atoms with Crippen molar-refractivity contribution in [1.82, 2.24) is 20.4 Å². The van der Waals surface area contributed by atoms with E-state index in [0.717, 1.165) is 18.3 Å². The summed E-state index contributed by atoms with van der Waals surface area (Å²) in [5.74, 6) is -3.39. The SMILES string of the molecule is CNC(=O)C(NC(=O)Cn1ncc(=O)c2ccccc21)c1ccc(F)c(F)c1. The molecule has 0 aliphatic heterocycles. The van der Waals surface area contributed by atoms with Gasteiger partial charge in [-0.25, -0.2) is 8.78 Å². The minimum Gasteiger partial charge on any atom is -0.357 e. The van der Waals surface area contributed by atoms with Crippen molar-refractivity contribution in [3.63, 3.8) is 0 Å². The summed E-state index contributed by atoms with van der Waals surface area (Å²) in [7, 11) is 1.36. The van der Waals surface area contributed by atoms with Crippen LogP contribution in [0.25, 0.3) is 10.9 Å².